The molecule has 4 aromatic rings. The molecule has 2 aromatic carbocycles. The number of hydrogen-bond donors (Lipinski definition) is 2. The second kappa shape index (κ2) is 6.57. The number of nitrogens with zero attached hydrogens (tertiary/aromatic N) is 2. The lowest BCUT2D eigenvalue weighted by molar-refractivity contribution is 0.415. The van der Waals surface area contributed by atoms with Crippen LogP contribution in [0.25, 0.3) is 21.8 Å². The van der Waals surface area contributed by atoms with Gasteiger partial charge < -0.3 is 9.30 Å². The monoisotopic (exact) mass is 382 g/mol. The molecule has 3 N–H and O–H groups in total. The number of benzene rings is 2. The number of nitrogens with one attached hydrogen (secondary N) is 1. The number of pyridine rings is 1. The van der Waals surface area contributed by atoms with E-state index in [1.165, 1.54) is 0 Å². The van der Waals surface area contributed by atoms with Crippen LogP contribution in [-0.2, 0) is 16.8 Å². The van der Waals surface area contributed by atoms with E-state index in [0.717, 1.165) is 33.1 Å². The van der Waals surface area contributed by atoms with Gasteiger partial charge in [-0.1, -0.05) is 12.1 Å². The third kappa shape index (κ3) is 3.57. The lowest BCUT2D eigenvalue weighted by Gasteiger charge is -2.10. The zero-order valence-corrected chi connectivity index (χ0v) is 15.4. The van der Waals surface area contributed by atoms with Crippen LogP contribution < -0.4 is 14.6 Å². The lowest BCUT2D eigenvalue weighted by Crippen LogP contribution is -2.21. The van der Waals surface area contributed by atoms with Crippen molar-refractivity contribution in [3.8, 4) is 5.75 Å². The number of methoxy groups -OCH3 is 1. The largest absolute Gasteiger partial charge is 0.497 e. The predicted octanol–water partition coefficient (Wildman–Crippen LogP) is 2.86. The van der Waals surface area contributed by atoms with E-state index in [0.29, 0.717) is 12.2 Å². The Hall–Kier alpha value is -3.10. The second-order valence-corrected chi connectivity index (χ2v) is 7.53. The van der Waals surface area contributed by atoms with Crippen molar-refractivity contribution in [2.24, 2.45) is 5.14 Å². The van der Waals surface area contributed by atoms with Crippen LogP contribution in [0.2, 0.25) is 0 Å². The average Bonchev–Trinajstić information content (AvgIpc) is 3.05. The fourth-order valence-corrected chi connectivity index (χ4v) is 3.62. The third-order valence-corrected chi connectivity index (χ3v) is 4.88. The summed E-state index contributed by atoms with van der Waals surface area (Å²) in [5.74, 6) is 0.769. The van der Waals surface area contributed by atoms with E-state index in [9.17, 15) is 8.42 Å². The third-order valence-electron chi connectivity index (χ3n) is 4.36. The molecule has 0 radical (unpaired) electrons. The molecule has 0 spiro atoms. The summed E-state index contributed by atoms with van der Waals surface area (Å²) in [6.07, 6.45) is 3.87. The van der Waals surface area contributed by atoms with Crippen molar-refractivity contribution >= 4 is 37.7 Å². The molecule has 0 saturated carbocycles. The Morgan fingerprint density at radius 1 is 1.15 bits per heavy atom. The summed E-state index contributed by atoms with van der Waals surface area (Å²) in [6, 6.07) is 15.0. The standard InChI is InChI=1S/C19H18N4O3S/c1-26-16-6-7-17-18(10-16)21-11-14-8-9-23(19(14)17)12-13-2-4-15(5-3-13)22-27(20,24)25/h2-11,22H,12H2,1H3,(H2,20,24,25). The Bertz CT molecular complexity index is 1230. The van der Waals surface area contributed by atoms with Gasteiger partial charge in [0, 0.05) is 41.5 Å². The minimum Gasteiger partial charge on any atom is -0.497 e. The zero-order valence-electron chi connectivity index (χ0n) is 14.6. The molecule has 4 rings (SSSR count). The molecule has 0 unspecified atom stereocenters. The van der Waals surface area contributed by atoms with E-state index in [2.05, 4.69) is 14.3 Å². The van der Waals surface area contributed by atoms with E-state index in [4.69, 9.17) is 9.88 Å². The average molecular weight is 382 g/mol. The van der Waals surface area contributed by atoms with Gasteiger partial charge in [0.05, 0.1) is 18.1 Å². The molecule has 0 aliphatic rings. The van der Waals surface area contributed by atoms with Crippen molar-refractivity contribution in [2.75, 3.05) is 11.8 Å². The first-order chi connectivity index (χ1) is 12.9. The summed E-state index contributed by atoms with van der Waals surface area (Å²) >= 11 is 0. The Morgan fingerprint density at radius 2 is 1.93 bits per heavy atom. The quantitative estimate of drug-likeness (QED) is 0.554. The van der Waals surface area contributed by atoms with Gasteiger partial charge >= 0.3 is 0 Å². The van der Waals surface area contributed by atoms with Gasteiger partial charge in [0.15, 0.2) is 0 Å². The minimum absolute atomic E-state index is 0.431. The predicted molar refractivity (Wildman–Crippen MR) is 106 cm³/mol. The number of nitrogens with two attached hydrogens (primary N) is 1. The summed E-state index contributed by atoms with van der Waals surface area (Å²) in [6.45, 7) is 0.643. The first kappa shape index (κ1) is 17.3. The van der Waals surface area contributed by atoms with Gasteiger partial charge in [-0.3, -0.25) is 9.71 Å². The highest BCUT2D eigenvalue weighted by atomic mass is 32.2. The molecular weight excluding hydrogens is 364 g/mol. The second-order valence-electron chi connectivity index (χ2n) is 6.23. The van der Waals surface area contributed by atoms with Gasteiger partial charge in [0.25, 0.3) is 10.2 Å². The summed E-state index contributed by atoms with van der Waals surface area (Å²) in [5, 5.41) is 7.10. The highest BCUT2D eigenvalue weighted by Gasteiger charge is 2.09. The Kier molecular flexibility index (Phi) is 4.21. The molecule has 27 heavy (non-hydrogen) atoms. The number of anilines is 1. The van der Waals surface area contributed by atoms with Gasteiger partial charge in [-0.2, -0.15) is 8.42 Å². The Morgan fingerprint density at radius 3 is 2.63 bits per heavy atom. The molecule has 0 aliphatic heterocycles. The topological polar surface area (TPSA) is 99.2 Å². The lowest BCUT2D eigenvalue weighted by atomic mass is 10.1. The highest BCUT2D eigenvalue weighted by Crippen LogP contribution is 2.28. The smallest absolute Gasteiger partial charge is 0.296 e. The molecule has 0 saturated heterocycles. The maximum absolute atomic E-state index is 11.1. The molecule has 0 bridgehead atoms. The Labute approximate surface area is 156 Å². The maximum Gasteiger partial charge on any atom is 0.296 e. The van der Waals surface area contributed by atoms with Crippen LogP contribution in [0.1, 0.15) is 5.56 Å². The minimum atomic E-state index is -3.77. The summed E-state index contributed by atoms with van der Waals surface area (Å²) in [7, 11) is -2.14. The first-order valence-electron chi connectivity index (χ1n) is 8.24. The van der Waals surface area contributed by atoms with Crippen molar-refractivity contribution in [1.29, 1.82) is 0 Å². The zero-order chi connectivity index (χ0) is 19.0. The van der Waals surface area contributed by atoms with E-state index >= 15 is 0 Å². The number of fused-ring (bicyclic) bond motifs is 3. The first-order valence-corrected chi connectivity index (χ1v) is 9.79. The fourth-order valence-electron chi connectivity index (χ4n) is 3.16. The van der Waals surface area contributed by atoms with Crippen molar-refractivity contribution in [2.45, 2.75) is 6.54 Å². The van der Waals surface area contributed by atoms with E-state index in [1.807, 2.05) is 48.8 Å². The van der Waals surface area contributed by atoms with Crippen molar-refractivity contribution < 1.29 is 13.2 Å². The fraction of sp³-hybridized carbons (Fsp3) is 0.105. The summed E-state index contributed by atoms with van der Waals surface area (Å²) in [4.78, 5) is 4.51. The van der Waals surface area contributed by atoms with Crippen molar-refractivity contribution in [3.05, 3.63) is 66.5 Å². The number of ether oxygens (including phenoxy) is 1. The summed E-state index contributed by atoms with van der Waals surface area (Å²) < 4.78 is 31.9. The molecular formula is C19H18N4O3S. The van der Waals surface area contributed by atoms with Gasteiger partial charge in [0.1, 0.15) is 5.75 Å². The highest BCUT2D eigenvalue weighted by molar-refractivity contribution is 7.90. The molecule has 0 fully saturated rings. The van der Waals surface area contributed by atoms with E-state index in [-0.39, 0.29) is 0 Å². The van der Waals surface area contributed by atoms with Crippen LogP contribution in [0.15, 0.2) is 60.9 Å². The van der Waals surface area contributed by atoms with Gasteiger partial charge in [-0.25, -0.2) is 5.14 Å². The van der Waals surface area contributed by atoms with Gasteiger partial charge in [0.2, 0.25) is 0 Å². The molecule has 0 amide bonds. The molecule has 8 heteroatoms. The van der Waals surface area contributed by atoms with Crippen molar-refractivity contribution in [1.82, 2.24) is 9.55 Å². The van der Waals surface area contributed by atoms with Crippen LogP contribution in [0, 0.1) is 0 Å². The number of aromatic nitrogens is 2. The number of rotatable bonds is 5. The number of hydrogen-bond acceptors (Lipinski definition) is 4. The molecule has 0 atom stereocenters. The molecule has 0 aliphatic carbocycles. The van der Waals surface area contributed by atoms with E-state index < -0.39 is 10.2 Å². The molecule has 138 valence electrons. The Balaban J connectivity index is 1.70. The van der Waals surface area contributed by atoms with E-state index in [1.54, 1.807) is 19.2 Å². The maximum atomic E-state index is 11.1. The molecule has 2 aromatic heterocycles. The SMILES string of the molecule is COc1ccc2c(c1)ncc1ccn(Cc3ccc(NS(N)(=O)=O)cc3)c12. The van der Waals surface area contributed by atoms with Crippen LogP contribution in [0.4, 0.5) is 5.69 Å². The van der Waals surface area contributed by atoms with Crippen molar-refractivity contribution in [3.63, 3.8) is 0 Å². The van der Waals surface area contributed by atoms with Gasteiger partial charge in [-0.05, 0) is 35.9 Å². The normalized spacial score (nSPS) is 11.8. The van der Waals surface area contributed by atoms with Crippen LogP contribution in [0.3, 0.4) is 0 Å². The molecule has 7 nitrogen and oxygen atoms in total. The van der Waals surface area contributed by atoms with Crippen LogP contribution in [-0.4, -0.2) is 25.1 Å². The van der Waals surface area contributed by atoms with Crippen LogP contribution in [0.5, 0.6) is 5.75 Å². The van der Waals surface area contributed by atoms with Gasteiger partial charge in [-0.15, -0.1) is 0 Å². The summed E-state index contributed by atoms with van der Waals surface area (Å²) in [5.41, 5.74) is 3.43. The molecule has 2 heterocycles. The van der Waals surface area contributed by atoms with Crippen LogP contribution >= 0.6 is 0 Å².